The van der Waals surface area contributed by atoms with Gasteiger partial charge < -0.3 is 19.0 Å². The summed E-state index contributed by atoms with van der Waals surface area (Å²) in [5, 5.41) is 0.431. The third-order valence-corrected chi connectivity index (χ3v) is 4.98. The molecule has 0 fully saturated rings. The lowest BCUT2D eigenvalue weighted by molar-refractivity contribution is 0.0716. The lowest BCUT2D eigenvalue weighted by Crippen LogP contribution is -2.35. The Kier molecular flexibility index (Phi) is 4.60. The molecule has 0 saturated carbocycles. The molecule has 0 aliphatic carbocycles. The fourth-order valence-electron chi connectivity index (χ4n) is 3.56. The van der Waals surface area contributed by atoms with Crippen molar-refractivity contribution in [3.63, 3.8) is 0 Å². The van der Waals surface area contributed by atoms with Crippen LogP contribution >= 0.6 is 0 Å². The van der Waals surface area contributed by atoms with Crippen LogP contribution in [0.2, 0.25) is 0 Å². The van der Waals surface area contributed by atoms with E-state index in [1.54, 1.807) is 42.6 Å². The predicted molar refractivity (Wildman–Crippen MR) is 105 cm³/mol. The summed E-state index contributed by atoms with van der Waals surface area (Å²) >= 11 is 0. The van der Waals surface area contributed by atoms with E-state index in [0.717, 1.165) is 5.56 Å². The molecule has 0 N–H and O–H groups in total. The number of nitrogens with zero attached hydrogens (tertiary/aromatic N) is 3. The van der Waals surface area contributed by atoms with Crippen LogP contribution in [0.4, 0.5) is 0 Å². The number of likely N-dealkylation sites (N-methyl/N-ethyl adjacent to an activating group) is 1. The second kappa shape index (κ2) is 7.09. The number of benzene rings is 1. The molecule has 0 unspecified atom stereocenters. The van der Waals surface area contributed by atoms with Crippen molar-refractivity contribution < 1.29 is 13.9 Å². The number of rotatable bonds is 5. The highest BCUT2D eigenvalue weighted by molar-refractivity contribution is 5.99. The number of methoxy groups -OCH3 is 1. The van der Waals surface area contributed by atoms with Gasteiger partial charge in [-0.05, 0) is 43.9 Å². The van der Waals surface area contributed by atoms with Gasteiger partial charge >= 0.3 is 0 Å². The average Bonchev–Trinajstić information content (AvgIpc) is 2.99. The standard InChI is InChI=1S/C21H21N3O4/c1-23(2)10-11-24-18(13-6-8-22-9-7-13)17-19(25)15-5-4-14(27-3)12-16(15)28-20(17)21(24)26/h4-9,12,18H,10-11H2,1-3H3/t18-/m0/s1. The van der Waals surface area contributed by atoms with Gasteiger partial charge in [-0.1, -0.05) is 0 Å². The molecule has 1 aliphatic rings. The molecule has 1 atom stereocenters. The van der Waals surface area contributed by atoms with Crippen molar-refractivity contribution in [1.29, 1.82) is 0 Å². The first-order chi connectivity index (χ1) is 13.5. The highest BCUT2D eigenvalue weighted by Crippen LogP contribution is 2.38. The summed E-state index contributed by atoms with van der Waals surface area (Å²) in [6.45, 7) is 1.14. The van der Waals surface area contributed by atoms with Crippen LogP contribution in [0.15, 0.2) is 51.9 Å². The number of pyridine rings is 1. The first-order valence-corrected chi connectivity index (χ1v) is 9.01. The van der Waals surface area contributed by atoms with E-state index >= 15 is 0 Å². The summed E-state index contributed by atoms with van der Waals surface area (Å²) in [5.74, 6) is 0.392. The monoisotopic (exact) mass is 379 g/mol. The van der Waals surface area contributed by atoms with Crippen molar-refractivity contribution in [3.05, 3.63) is 69.8 Å². The van der Waals surface area contributed by atoms with Gasteiger partial charge in [-0.2, -0.15) is 0 Å². The maximum absolute atomic E-state index is 13.3. The average molecular weight is 379 g/mol. The predicted octanol–water partition coefficient (Wildman–Crippen LogP) is 2.30. The Morgan fingerprint density at radius 1 is 1.18 bits per heavy atom. The minimum Gasteiger partial charge on any atom is -0.497 e. The van der Waals surface area contributed by atoms with Crippen LogP contribution in [0.1, 0.15) is 27.7 Å². The molecule has 1 amide bonds. The molecule has 0 saturated heterocycles. The fourth-order valence-corrected chi connectivity index (χ4v) is 3.56. The number of ether oxygens (including phenoxy) is 1. The summed E-state index contributed by atoms with van der Waals surface area (Å²) in [5.41, 5.74) is 1.37. The van der Waals surface area contributed by atoms with Crippen LogP contribution in [0.5, 0.6) is 5.75 Å². The number of carbonyl (C=O) groups is 1. The Morgan fingerprint density at radius 2 is 1.93 bits per heavy atom. The minimum absolute atomic E-state index is 0.103. The highest BCUT2D eigenvalue weighted by Gasteiger charge is 2.42. The lowest BCUT2D eigenvalue weighted by Gasteiger charge is -2.26. The van der Waals surface area contributed by atoms with E-state index < -0.39 is 6.04 Å². The van der Waals surface area contributed by atoms with Gasteiger partial charge in [-0.25, -0.2) is 0 Å². The van der Waals surface area contributed by atoms with Gasteiger partial charge in [-0.3, -0.25) is 14.6 Å². The van der Waals surface area contributed by atoms with Crippen molar-refractivity contribution in [2.45, 2.75) is 6.04 Å². The number of amides is 1. The van der Waals surface area contributed by atoms with Gasteiger partial charge in [0.15, 0.2) is 5.43 Å². The molecule has 1 aromatic carbocycles. The van der Waals surface area contributed by atoms with E-state index in [0.29, 0.717) is 35.4 Å². The van der Waals surface area contributed by atoms with Gasteiger partial charge in [0, 0.05) is 31.5 Å². The zero-order valence-electron chi connectivity index (χ0n) is 16.0. The molecule has 3 heterocycles. The Morgan fingerprint density at radius 3 is 2.61 bits per heavy atom. The van der Waals surface area contributed by atoms with Crippen LogP contribution in [-0.4, -0.2) is 55.0 Å². The molecule has 7 heteroatoms. The summed E-state index contributed by atoms with van der Waals surface area (Å²) in [6, 6.07) is 8.19. The highest BCUT2D eigenvalue weighted by atomic mass is 16.5. The first-order valence-electron chi connectivity index (χ1n) is 9.01. The Balaban J connectivity index is 1.93. The summed E-state index contributed by atoms with van der Waals surface area (Å²) in [6.07, 6.45) is 3.32. The van der Waals surface area contributed by atoms with Gasteiger partial charge in [0.25, 0.3) is 5.91 Å². The summed E-state index contributed by atoms with van der Waals surface area (Å²) in [7, 11) is 5.43. The zero-order chi connectivity index (χ0) is 19.8. The molecular weight excluding hydrogens is 358 g/mol. The molecule has 3 aromatic rings. The second-order valence-corrected chi connectivity index (χ2v) is 7.02. The van der Waals surface area contributed by atoms with Crippen molar-refractivity contribution in [1.82, 2.24) is 14.8 Å². The molecule has 144 valence electrons. The number of fused-ring (bicyclic) bond motifs is 2. The molecule has 1 aliphatic heterocycles. The number of hydrogen-bond acceptors (Lipinski definition) is 6. The van der Waals surface area contributed by atoms with Crippen LogP contribution in [-0.2, 0) is 0 Å². The first kappa shape index (κ1) is 18.2. The van der Waals surface area contributed by atoms with Gasteiger partial charge in [0.2, 0.25) is 5.76 Å². The van der Waals surface area contributed by atoms with Crippen molar-refractivity contribution >= 4 is 16.9 Å². The van der Waals surface area contributed by atoms with E-state index in [9.17, 15) is 9.59 Å². The Hall–Kier alpha value is -3.19. The Bertz CT molecular complexity index is 1090. The number of carbonyl (C=O) groups excluding carboxylic acids is 1. The summed E-state index contributed by atoms with van der Waals surface area (Å²) in [4.78, 5) is 34.2. The van der Waals surface area contributed by atoms with Crippen LogP contribution < -0.4 is 10.2 Å². The van der Waals surface area contributed by atoms with Crippen molar-refractivity contribution in [2.24, 2.45) is 0 Å². The normalized spacial score (nSPS) is 16.1. The largest absolute Gasteiger partial charge is 0.497 e. The topological polar surface area (TPSA) is 75.9 Å². The van der Waals surface area contributed by atoms with Gasteiger partial charge in [-0.15, -0.1) is 0 Å². The van der Waals surface area contributed by atoms with Crippen LogP contribution in [0.25, 0.3) is 11.0 Å². The summed E-state index contributed by atoms with van der Waals surface area (Å²) < 4.78 is 11.1. The quantitative estimate of drug-likeness (QED) is 0.677. The third kappa shape index (κ3) is 2.93. The second-order valence-electron chi connectivity index (χ2n) is 7.02. The Labute approximate surface area is 162 Å². The molecule has 0 spiro atoms. The zero-order valence-corrected chi connectivity index (χ0v) is 16.0. The number of hydrogen-bond donors (Lipinski definition) is 0. The molecule has 7 nitrogen and oxygen atoms in total. The molecule has 0 bridgehead atoms. The molecular formula is C21H21N3O4. The molecule has 2 aromatic heterocycles. The van der Waals surface area contributed by atoms with Crippen LogP contribution in [0.3, 0.4) is 0 Å². The SMILES string of the molecule is COc1ccc2c(=O)c3c(oc2c1)C(=O)N(CCN(C)C)[C@H]3c1ccncc1. The maximum Gasteiger partial charge on any atom is 0.290 e. The molecule has 28 heavy (non-hydrogen) atoms. The van der Waals surface area contributed by atoms with E-state index in [4.69, 9.17) is 9.15 Å². The van der Waals surface area contributed by atoms with Gasteiger partial charge in [0.05, 0.1) is 24.1 Å². The van der Waals surface area contributed by atoms with Crippen molar-refractivity contribution in [2.75, 3.05) is 34.3 Å². The minimum atomic E-state index is -0.492. The van der Waals surface area contributed by atoms with E-state index in [1.807, 2.05) is 31.1 Å². The molecule has 4 rings (SSSR count). The lowest BCUT2D eigenvalue weighted by atomic mass is 9.99. The van der Waals surface area contributed by atoms with Crippen molar-refractivity contribution in [3.8, 4) is 5.75 Å². The third-order valence-electron chi connectivity index (χ3n) is 4.98. The smallest absolute Gasteiger partial charge is 0.290 e. The maximum atomic E-state index is 13.3. The molecule has 0 radical (unpaired) electrons. The van der Waals surface area contributed by atoms with E-state index in [2.05, 4.69) is 4.98 Å². The fraction of sp³-hybridized carbons (Fsp3) is 0.286. The van der Waals surface area contributed by atoms with E-state index in [-0.39, 0.29) is 17.1 Å². The van der Waals surface area contributed by atoms with Gasteiger partial charge in [0.1, 0.15) is 11.3 Å². The van der Waals surface area contributed by atoms with Crippen LogP contribution in [0, 0.1) is 0 Å². The number of aromatic nitrogens is 1. The van der Waals surface area contributed by atoms with E-state index in [1.165, 1.54) is 0 Å².